The van der Waals surface area contributed by atoms with E-state index in [0.717, 1.165) is 31.0 Å². The van der Waals surface area contributed by atoms with Crippen molar-refractivity contribution in [2.24, 2.45) is 4.99 Å². The molecule has 0 atom stereocenters. The second-order valence-corrected chi connectivity index (χ2v) is 6.54. The molecule has 0 fully saturated rings. The molecule has 2 rings (SSSR count). The van der Waals surface area contributed by atoms with Gasteiger partial charge in [-0.05, 0) is 63.6 Å². The molecule has 0 aliphatic heterocycles. The van der Waals surface area contributed by atoms with E-state index in [2.05, 4.69) is 33.9 Å². The van der Waals surface area contributed by atoms with E-state index < -0.39 is 0 Å². The van der Waals surface area contributed by atoms with E-state index in [0.29, 0.717) is 18.7 Å². The number of allylic oxidation sites excluding steroid dienone is 1. The maximum absolute atomic E-state index is 12.0. The van der Waals surface area contributed by atoms with Crippen LogP contribution in [0.4, 0.5) is 0 Å². The largest absolute Gasteiger partial charge is 0.357 e. The third-order valence-corrected chi connectivity index (χ3v) is 4.41. The van der Waals surface area contributed by atoms with Crippen molar-refractivity contribution in [2.75, 3.05) is 19.6 Å². The Balaban J connectivity index is 1.90. The van der Waals surface area contributed by atoms with Gasteiger partial charge in [0.25, 0.3) is 5.91 Å². The molecule has 1 aromatic carbocycles. The van der Waals surface area contributed by atoms with E-state index >= 15 is 0 Å². The molecule has 26 heavy (non-hydrogen) atoms. The molecule has 0 saturated carbocycles. The Morgan fingerprint density at radius 1 is 1.12 bits per heavy atom. The minimum atomic E-state index is -0.0379. The number of carbonyl (C=O) groups excluding carboxylic acids is 1. The lowest BCUT2D eigenvalue weighted by molar-refractivity contribution is 0.0955. The molecule has 0 heterocycles. The molecule has 0 unspecified atom stereocenters. The van der Waals surface area contributed by atoms with Gasteiger partial charge in [0, 0.05) is 25.2 Å². The zero-order chi connectivity index (χ0) is 18.6. The lowest BCUT2D eigenvalue weighted by Gasteiger charge is -2.15. The van der Waals surface area contributed by atoms with Crippen LogP contribution in [-0.2, 0) is 6.54 Å². The smallest absolute Gasteiger partial charge is 0.251 e. The lowest BCUT2D eigenvalue weighted by Crippen LogP contribution is -2.37. The van der Waals surface area contributed by atoms with Crippen LogP contribution in [0.2, 0.25) is 0 Å². The summed E-state index contributed by atoms with van der Waals surface area (Å²) >= 11 is 0. The van der Waals surface area contributed by atoms with Crippen LogP contribution in [0.15, 0.2) is 40.9 Å². The summed E-state index contributed by atoms with van der Waals surface area (Å²) in [5.74, 6) is 0.788. The van der Waals surface area contributed by atoms with Crippen molar-refractivity contribution >= 4 is 11.9 Å². The second kappa shape index (κ2) is 11.3. The van der Waals surface area contributed by atoms with Crippen molar-refractivity contribution in [3.63, 3.8) is 0 Å². The van der Waals surface area contributed by atoms with Gasteiger partial charge in [0.05, 0.1) is 6.54 Å². The fraction of sp³-hybridized carbons (Fsp3) is 0.524. The number of hydrogen-bond acceptors (Lipinski definition) is 2. The fourth-order valence-corrected chi connectivity index (χ4v) is 3.06. The summed E-state index contributed by atoms with van der Waals surface area (Å²) in [6.45, 7) is 6.89. The number of rotatable bonds is 8. The Labute approximate surface area is 157 Å². The highest BCUT2D eigenvalue weighted by molar-refractivity contribution is 5.94. The summed E-state index contributed by atoms with van der Waals surface area (Å²) < 4.78 is 0. The van der Waals surface area contributed by atoms with Crippen LogP contribution in [0, 0.1) is 0 Å². The summed E-state index contributed by atoms with van der Waals surface area (Å²) in [4.78, 5) is 16.6. The monoisotopic (exact) mass is 356 g/mol. The van der Waals surface area contributed by atoms with Crippen LogP contribution in [0.1, 0.15) is 61.9 Å². The van der Waals surface area contributed by atoms with Crippen molar-refractivity contribution in [1.29, 1.82) is 0 Å². The highest BCUT2D eigenvalue weighted by Gasteiger charge is 2.06. The number of hydrogen-bond donors (Lipinski definition) is 3. The Kier molecular flexibility index (Phi) is 8.73. The summed E-state index contributed by atoms with van der Waals surface area (Å²) in [6.07, 6.45) is 8.59. The number of nitrogens with one attached hydrogen (secondary N) is 3. The van der Waals surface area contributed by atoms with Gasteiger partial charge in [-0.25, -0.2) is 4.99 Å². The van der Waals surface area contributed by atoms with Gasteiger partial charge in [0.1, 0.15) is 0 Å². The normalized spacial score (nSPS) is 14.5. The quantitative estimate of drug-likeness (QED) is 0.380. The first-order valence-corrected chi connectivity index (χ1v) is 9.80. The number of carbonyl (C=O) groups is 1. The first-order valence-electron chi connectivity index (χ1n) is 9.80. The van der Waals surface area contributed by atoms with E-state index in [-0.39, 0.29) is 5.91 Å². The van der Waals surface area contributed by atoms with E-state index in [4.69, 9.17) is 0 Å². The zero-order valence-corrected chi connectivity index (χ0v) is 16.1. The molecule has 1 amide bonds. The predicted molar refractivity (Wildman–Crippen MR) is 108 cm³/mol. The molecule has 0 spiro atoms. The maximum atomic E-state index is 12.0. The van der Waals surface area contributed by atoms with Gasteiger partial charge in [0.15, 0.2) is 5.96 Å². The van der Waals surface area contributed by atoms with Crippen LogP contribution in [-0.4, -0.2) is 31.5 Å². The molecule has 5 nitrogen and oxygen atoms in total. The molecular weight excluding hydrogens is 324 g/mol. The van der Waals surface area contributed by atoms with Crippen molar-refractivity contribution in [1.82, 2.24) is 16.0 Å². The summed E-state index contributed by atoms with van der Waals surface area (Å²) in [7, 11) is 0. The standard InChI is InChI=1S/C21H32N4O/c1-3-22-20(26)19-12-8-11-18(15-19)16-25-21(23-4-2)24-14-13-17-9-6-5-7-10-17/h8-9,11-12,15H,3-7,10,13-14,16H2,1-2H3,(H,22,26)(H2,23,24,25). The highest BCUT2D eigenvalue weighted by atomic mass is 16.1. The van der Waals surface area contributed by atoms with E-state index in [1.807, 2.05) is 31.2 Å². The van der Waals surface area contributed by atoms with Gasteiger partial charge in [-0.15, -0.1) is 0 Å². The van der Waals surface area contributed by atoms with Crippen molar-refractivity contribution < 1.29 is 4.79 Å². The average Bonchev–Trinajstić information content (AvgIpc) is 2.67. The Morgan fingerprint density at radius 2 is 1.96 bits per heavy atom. The fourth-order valence-electron chi connectivity index (χ4n) is 3.06. The molecular formula is C21H32N4O. The molecule has 0 aromatic heterocycles. The molecule has 1 aliphatic rings. The number of benzene rings is 1. The summed E-state index contributed by atoms with van der Waals surface area (Å²) in [6, 6.07) is 7.65. The summed E-state index contributed by atoms with van der Waals surface area (Å²) in [5, 5.41) is 9.53. The number of aliphatic imine (C=N–C) groups is 1. The molecule has 0 saturated heterocycles. The molecule has 0 radical (unpaired) electrons. The number of guanidine groups is 1. The SMILES string of the molecule is CCNC(=O)c1cccc(CN=C(NCC)NCCC2=CCCCC2)c1. The molecule has 142 valence electrons. The van der Waals surface area contributed by atoms with Gasteiger partial charge < -0.3 is 16.0 Å². The minimum Gasteiger partial charge on any atom is -0.357 e. The molecule has 1 aliphatic carbocycles. The Bertz CT molecular complexity index is 637. The Morgan fingerprint density at radius 3 is 2.69 bits per heavy atom. The van der Waals surface area contributed by atoms with E-state index in [1.54, 1.807) is 5.57 Å². The third kappa shape index (κ3) is 6.90. The van der Waals surface area contributed by atoms with Crippen LogP contribution in [0.3, 0.4) is 0 Å². The lowest BCUT2D eigenvalue weighted by atomic mass is 9.97. The van der Waals surface area contributed by atoms with Crippen LogP contribution >= 0.6 is 0 Å². The number of nitrogens with zero attached hydrogens (tertiary/aromatic N) is 1. The van der Waals surface area contributed by atoms with Gasteiger partial charge in [-0.1, -0.05) is 23.8 Å². The van der Waals surface area contributed by atoms with E-state index in [9.17, 15) is 4.79 Å². The van der Waals surface area contributed by atoms with E-state index in [1.165, 1.54) is 25.7 Å². The highest BCUT2D eigenvalue weighted by Crippen LogP contribution is 2.19. The molecule has 3 N–H and O–H groups in total. The molecule has 0 bridgehead atoms. The minimum absolute atomic E-state index is 0.0379. The molecule has 1 aromatic rings. The van der Waals surface area contributed by atoms with Crippen molar-refractivity contribution in [3.8, 4) is 0 Å². The topological polar surface area (TPSA) is 65.5 Å². The first kappa shape index (κ1) is 20.0. The average molecular weight is 357 g/mol. The van der Waals surface area contributed by atoms with Gasteiger partial charge >= 0.3 is 0 Å². The van der Waals surface area contributed by atoms with Crippen molar-refractivity contribution in [3.05, 3.63) is 47.0 Å². The van der Waals surface area contributed by atoms with Gasteiger partial charge in [-0.2, -0.15) is 0 Å². The summed E-state index contributed by atoms with van der Waals surface area (Å²) in [5.41, 5.74) is 3.27. The zero-order valence-electron chi connectivity index (χ0n) is 16.1. The van der Waals surface area contributed by atoms with Crippen LogP contribution in [0.25, 0.3) is 0 Å². The van der Waals surface area contributed by atoms with Crippen LogP contribution < -0.4 is 16.0 Å². The molecule has 5 heteroatoms. The first-order chi connectivity index (χ1) is 12.7. The van der Waals surface area contributed by atoms with Gasteiger partial charge in [-0.3, -0.25) is 4.79 Å². The predicted octanol–water partition coefficient (Wildman–Crippen LogP) is 3.38. The van der Waals surface area contributed by atoms with Gasteiger partial charge in [0.2, 0.25) is 0 Å². The maximum Gasteiger partial charge on any atom is 0.251 e. The Hall–Kier alpha value is -2.30. The second-order valence-electron chi connectivity index (χ2n) is 6.54. The number of amides is 1. The van der Waals surface area contributed by atoms with Crippen LogP contribution in [0.5, 0.6) is 0 Å². The third-order valence-electron chi connectivity index (χ3n) is 4.41. The van der Waals surface area contributed by atoms with Crippen molar-refractivity contribution in [2.45, 2.75) is 52.5 Å².